The number of hydrogen-bond donors (Lipinski definition) is 1. The number of hydrogen-bond acceptors (Lipinski definition) is 9. The van der Waals surface area contributed by atoms with Crippen LogP contribution in [-0.2, 0) is 4.74 Å². The van der Waals surface area contributed by atoms with Gasteiger partial charge in [0, 0.05) is 48.1 Å². The molecule has 1 fully saturated rings. The van der Waals surface area contributed by atoms with Crippen LogP contribution in [0.5, 0.6) is 5.75 Å². The zero-order valence-electron chi connectivity index (χ0n) is 20.4. The van der Waals surface area contributed by atoms with Crippen molar-refractivity contribution in [1.82, 2.24) is 9.97 Å². The molecule has 0 aliphatic carbocycles. The lowest BCUT2D eigenvalue weighted by molar-refractivity contribution is 0.101. The van der Waals surface area contributed by atoms with Gasteiger partial charge in [0.15, 0.2) is 5.78 Å². The minimum atomic E-state index is -0.684. The third kappa shape index (κ3) is 5.01. The molecule has 5 rings (SSSR count). The van der Waals surface area contributed by atoms with Crippen molar-refractivity contribution in [1.29, 1.82) is 0 Å². The molecule has 0 bridgehead atoms. The summed E-state index contributed by atoms with van der Waals surface area (Å²) in [5.41, 5.74) is 2.01. The number of rotatable bonds is 7. The number of Topliss-reactive ketones (excluding diaryl/α,β-unsaturated/α-hetero) is 1. The highest BCUT2D eigenvalue weighted by molar-refractivity contribution is 6.07. The Bertz CT molecular complexity index is 1530. The summed E-state index contributed by atoms with van der Waals surface area (Å²) >= 11 is 0. The van der Waals surface area contributed by atoms with Crippen molar-refractivity contribution in [3.63, 3.8) is 0 Å². The average molecular weight is 505 g/mol. The maximum absolute atomic E-state index is 13.7. The second kappa shape index (κ2) is 10.4. The van der Waals surface area contributed by atoms with Crippen molar-refractivity contribution >= 4 is 34.1 Å². The predicted octanol–water partition coefficient (Wildman–Crippen LogP) is 4.57. The van der Waals surface area contributed by atoms with Crippen LogP contribution >= 0.6 is 0 Å². The van der Waals surface area contributed by atoms with Crippen LogP contribution in [0.15, 0.2) is 57.9 Å². The third-order valence-corrected chi connectivity index (χ3v) is 5.99. The van der Waals surface area contributed by atoms with Crippen LogP contribution in [-0.4, -0.2) is 48.7 Å². The molecule has 0 saturated carbocycles. The number of anilines is 3. The first kappa shape index (κ1) is 24.4. The van der Waals surface area contributed by atoms with Crippen LogP contribution < -0.4 is 20.6 Å². The number of morpholine rings is 1. The lowest BCUT2D eigenvalue weighted by atomic mass is 10.1. The fourth-order valence-electron chi connectivity index (χ4n) is 4.37. The highest BCUT2D eigenvalue weighted by Gasteiger charge is 2.24. The molecule has 0 spiro atoms. The minimum Gasteiger partial charge on any atom is -0.493 e. The van der Waals surface area contributed by atoms with Crippen molar-refractivity contribution in [2.45, 2.75) is 13.8 Å². The minimum absolute atomic E-state index is 0.0375. The van der Waals surface area contributed by atoms with E-state index in [-0.39, 0.29) is 11.3 Å². The predicted molar refractivity (Wildman–Crippen MR) is 137 cm³/mol. The smallest absolute Gasteiger partial charge is 0.349 e. The molecule has 190 valence electrons. The summed E-state index contributed by atoms with van der Waals surface area (Å²) in [6.07, 6.45) is 1.58. The van der Waals surface area contributed by atoms with Crippen molar-refractivity contribution in [2.24, 2.45) is 0 Å². The van der Waals surface area contributed by atoms with E-state index in [1.165, 1.54) is 19.1 Å². The van der Waals surface area contributed by atoms with Gasteiger partial charge in [0.25, 0.3) is 0 Å². The number of ketones is 1. The van der Waals surface area contributed by atoms with Crippen molar-refractivity contribution in [3.8, 4) is 17.0 Å². The number of fused-ring (bicyclic) bond motifs is 1. The summed E-state index contributed by atoms with van der Waals surface area (Å²) < 4.78 is 30.3. The second-order valence-corrected chi connectivity index (χ2v) is 8.44. The van der Waals surface area contributed by atoms with Crippen LogP contribution in [0.1, 0.15) is 24.2 Å². The highest BCUT2D eigenvalue weighted by Crippen LogP contribution is 2.33. The molecule has 0 radical (unpaired) electrons. The SMILES string of the molecule is CCOc1cc(F)ccc1-c1ccnc(Nc2ccc3c(N4CCOCC4)c(C(C)=O)c(=O)oc3c2)n1. The molecule has 2 aromatic heterocycles. The van der Waals surface area contributed by atoms with E-state index in [2.05, 4.69) is 15.3 Å². The first-order valence-electron chi connectivity index (χ1n) is 11.9. The lowest BCUT2D eigenvalue weighted by Gasteiger charge is -2.30. The Labute approximate surface area is 211 Å². The number of benzene rings is 2. The van der Waals surface area contributed by atoms with Gasteiger partial charge in [-0.3, -0.25) is 4.79 Å². The Hall–Kier alpha value is -4.31. The largest absolute Gasteiger partial charge is 0.493 e. The van der Waals surface area contributed by atoms with E-state index < -0.39 is 11.4 Å². The summed E-state index contributed by atoms with van der Waals surface area (Å²) in [5, 5.41) is 3.78. The standard InChI is InChI=1S/C27H25FN4O5/c1-3-36-22-14-17(28)4-6-19(22)21-8-9-29-27(31-21)30-18-5-7-20-23(15-18)37-26(34)24(16(2)33)25(20)32-10-12-35-13-11-32/h4-9,14-15H,3,10-13H2,1-2H3,(H,29,30,31). The Balaban J connectivity index is 1.51. The summed E-state index contributed by atoms with van der Waals surface area (Å²) in [4.78, 5) is 35.9. The molecule has 4 aromatic rings. The van der Waals surface area contributed by atoms with E-state index in [0.717, 1.165) is 0 Å². The number of carbonyl (C=O) groups is 1. The molecule has 9 nitrogen and oxygen atoms in total. The molecule has 1 aliphatic heterocycles. The van der Waals surface area contributed by atoms with Gasteiger partial charge < -0.3 is 24.1 Å². The number of carbonyl (C=O) groups excluding carboxylic acids is 1. The molecule has 1 saturated heterocycles. The van der Waals surface area contributed by atoms with E-state index in [4.69, 9.17) is 13.9 Å². The molecular weight excluding hydrogens is 479 g/mol. The molecule has 0 atom stereocenters. The quantitative estimate of drug-likeness (QED) is 0.286. The van der Waals surface area contributed by atoms with Crippen molar-refractivity contribution < 1.29 is 23.1 Å². The molecule has 0 unspecified atom stereocenters. The van der Waals surface area contributed by atoms with Crippen LogP contribution in [0.2, 0.25) is 0 Å². The monoisotopic (exact) mass is 504 g/mol. The summed E-state index contributed by atoms with van der Waals surface area (Å²) in [6.45, 7) is 5.70. The van der Waals surface area contributed by atoms with Gasteiger partial charge in [0.05, 0.1) is 31.2 Å². The highest BCUT2D eigenvalue weighted by atomic mass is 19.1. The average Bonchev–Trinajstić information content (AvgIpc) is 2.88. The number of nitrogens with one attached hydrogen (secondary N) is 1. The zero-order chi connectivity index (χ0) is 25.9. The summed E-state index contributed by atoms with van der Waals surface area (Å²) in [6, 6.07) is 11.3. The van der Waals surface area contributed by atoms with Gasteiger partial charge in [0.2, 0.25) is 5.95 Å². The maximum Gasteiger partial charge on any atom is 0.349 e. The molecule has 3 heterocycles. The van der Waals surface area contributed by atoms with E-state index in [9.17, 15) is 14.0 Å². The van der Waals surface area contributed by atoms with Crippen LogP contribution in [0, 0.1) is 5.82 Å². The Morgan fingerprint density at radius 2 is 1.97 bits per heavy atom. The number of ether oxygens (including phenoxy) is 2. The van der Waals surface area contributed by atoms with Gasteiger partial charge in [-0.2, -0.15) is 0 Å². The zero-order valence-corrected chi connectivity index (χ0v) is 20.4. The number of aromatic nitrogens is 2. The normalized spacial score (nSPS) is 13.5. The topological polar surface area (TPSA) is 107 Å². The van der Waals surface area contributed by atoms with Gasteiger partial charge >= 0.3 is 5.63 Å². The van der Waals surface area contributed by atoms with E-state index in [1.54, 1.807) is 36.5 Å². The van der Waals surface area contributed by atoms with E-state index in [1.807, 2.05) is 11.8 Å². The first-order valence-corrected chi connectivity index (χ1v) is 11.9. The third-order valence-electron chi connectivity index (χ3n) is 5.99. The molecule has 0 amide bonds. The lowest BCUT2D eigenvalue weighted by Crippen LogP contribution is -2.38. The molecule has 10 heteroatoms. The van der Waals surface area contributed by atoms with Crippen LogP contribution in [0.25, 0.3) is 22.2 Å². The fourth-order valence-corrected chi connectivity index (χ4v) is 4.37. The fraction of sp³-hybridized carbons (Fsp3) is 0.259. The molecular formula is C27H25FN4O5. The maximum atomic E-state index is 13.7. The number of halogens is 1. The van der Waals surface area contributed by atoms with Gasteiger partial charge in [-0.25, -0.2) is 19.2 Å². The van der Waals surface area contributed by atoms with Crippen molar-refractivity contribution in [2.75, 3.05) is 43.1 Å². The van der Waals surface area contributed by atoms with Crippen LogP contribution in [0.3, 0.4) is 0 Å². The molecule has 1 aliphatic rings. The van der Waals surface area contributed by atoms with Gasteiger partial charge in [-0.1, -0.05) is 0 Å². The number of nitrogens with zero attached hydrogens (tertiary/aromatic N) is 3. The molecule has 37 heavy (non-hydrogen) atoms. The summed E-state index contributed by atoms with van der Waals surface area (Å²) in [7, 11) is 0. The van der Waals surface area contributed by atoms with Crippen molar-refractivity contribution in [3.05, 3.63) is 70.5 Å². The van der Waals surface area contributed by atoms with E-state index >= 15 is 0 Å². The second-order valence-electron chi connectivity index (χ2n) is 8.44. The van der Waals surface area contributed by atoms with Gasteiger partial charge in [-0.15, -0.1) is 0 Å². The molecule has 2 aromatic carbocycles. The van der Waals surface area contributed by atoms with Gasteiger partial charge in [0.1, 0.15) is 22.7 Å². The Morgan fingerprint density at radius 1 is 1.16 bits per heavy atom. The van der Waals surface area contributed by atoms with E-state index in [0.29, 0.717) is 78.2 Å². The Morgan fingerprint density at radius 3 is 2.73 bits per heavy atom. The first-order chi connectivity index (χ1) is 17.9. The molecule has 1 N–H and O–H groups in total. The summed E-state index contributed by atoms with van der Waals surface area (Å²) in [5.74, 6) is -0.0744. The Kier molecular flexibility index (Phi) is 6.82. The van der Waals surface area contributed by atoms with Crippen LogP contribution in [0.4, 0.5) is 21.7 Å². The van der Waals surface area contributed by atoms with Gasteiger partial charge in [-0.05, 0) is 44.2 Å².